The van der Waals surface area contributed by atoms with Crippen LogP contribution in [0, 0.1) is 0 Å². The molecule has 0 radical (unpaired) electrons. The van der Waals surface area contributed by atoms with Crippen molar-refractivity contribution < 1.29 is 9.90 Å². The summed E-state index contributed by atoms with van der Waals surface area (Å²) in [6.07, 6.45) is 6.29. The zero-order valence-corrected chi connectivity index (χ0v) is 11.6. The third-order valence-corrected chi connectivity index (χ3v) is 2.89. The fourth-order valence-electron chi connectivity index (χ4n) is 1.88. The minimum atomic E-state index is -0.195. The molecule has 5 nitrogen and oxygen atoms in total. The number of para-hydroxylation sites is 2. The lowest BCUT2D eigenvalue weighted by molar-refractivity contribution is -0.125. The van der Waals surface area contributed by atoms with E-state index in [1.807, 2.05) is 24.3 Å². The number of aliphatic hydroxyl groups excluding tert-OH is 1. The normalized spacial score (nSPS) is 10.9. The molecule has 1 aromatic heterocycles. The summed E-state index contributed by atoms with van der Waals surface area (Å²) < 4.78 is 0. The van der Waals surface area contributed by atoms with Gasteiger partial charge in [0.2, 0.25) is 5.91 Å². The second kappa shape index (κ2) is 7.31. The van der Waals surface area contributed by atoms with Crippen molar-refractivity contribution in [1.29, 1.82) is 0 Å². The Bertz CT molecular complexity index is 667. The van der Waals surface area contributed by atoms with Crippen LogP contribution in [0.25, 0.3) is 17.1 Å². The van der Waals surface area contributed by atoms with Gasteiger partial charge in [-0.1, -0.05) is 18.2 Å². The van der Waals surface area contributed by atoms with Crippen molar-refractivity contribution >= 4 is 23.0 Å². The van der Waals surface area contributed by atoms with Gasteiger partial charge in [-0.3, -0.25) is 9.78 Å². The van der Waals surface area contributed by atoms with Crippen LogP contribution in [0.1, 0.15) is 5.69 Å². The van der Waals surface area contributed by atoms with E-state index in [-0.39, 0.29) is 19.1 Å². The molecule has 5 heteroatoms. The van der Waals surface area contributed by atoms with Gasteiger partial charge in [0.05, 0.1) is 29.5 Å². The summed E-state index contributed by atoms with van der Waals surface area (Å²) in [5, 5.41) is 8.94. The topological polar surface area (TPSA) is 66.3 Å². The molecule has 0 saturated heterocycles. The van der Waals surface area contributed by atoms with Gasteiger partial charge in [0, 0.05) is 19.2 Å². The van der Waals surface area contributed by atoms with Crippen LogP contribution < -0.4 is 0 Å². The molecule has 0 aliphatic heterocycles. The van der Waals surface area contributed by atoms with E-state index < -0.39 is 0 Å². The smallest absolute Gasteiger partial charge is 0.246 e. The van der Waals surface area contributed by atoms with E-state index in [0.29, 0.717) is 12.2 Å². The minimum Gasteiger partial charge on any atom is -0.395 e. The molecule has 1 N–H and O–H groups in total. The van der Waals surface area contributed by atoms with Crippen molar-refractivity contribution in [2.45, 2.75) is 0 Å². The molecule has 2 rings (SSSR count). The molecule has 2 aromatic rings. The molecule has 0 bridgehead atoms. The summed E-state index contributed by atoms with van der Waals surface area (Å²) in [4.78, 5) is 22.2. The summed E-state index contributed by atoms with van der Waals surface area (Å²) >= 11 is 0. The average molecular weight is 283 g/mol. The van der Waals surface area contributed by atoms with Crippen molar-refractivity contribution in [3.05, 3.63) is 54.9 Å². The number of nitrogens with zero attached hydrogens (tertiary/aromatic N) is 3. The Labute approximate surface area is 123 Å². The number of hydrogen-bond acceptors (Lipinski definition) is 4. The van der Waals surface area contributed by atoms with Crippen LogP contribution in [0.4, 0.5) is 0 Å². The number of fused-ring (bicyclic) bond motifs is 1. The maximum atomic E-state index is 12.0. The highest BCUT2D eigenvalue weighted by Gasteiger charge is 2.07. The largest absolute Gasteiger partial charge is 0.395 e. The Morgan fingerprint density at radius 1 is 1.33 bits per heavy atom. The molecule has 0 unspecified atom stereocenters. The number of aromatic nitrogens is 2. The molecule has 1 heterocycles. The van der Waals surface area contributed by atoms with E-state index in [2.05, 4.69) is 16.5 Å². The molecular weight excluding hydrogens is 266 g/mol. The third-order valence-electron chi connectivity index (χ3n) is 2.89. The van der Waals surface area contributed by atoms with Crippen LogP contribution in [0.3, 0.4) is 0 Å². The summed E-state index contributed by atoms with van der Waals surface area (Å²) in [7, 11) is 0. The van der Waals surface area contributed by atoms with Crippen LogP contribution in [-0.4, -0.2) is 45.6 Å². The van der Waals surface area contributed by atoms with Gasteiger partial charge < -0.3 is 10.0 Å². The van der Waals surface area contributed by atoms with Crippen LogP contribution in [-0.2, 0) is 4.79 Å². The number of aliphatic hydroxyl groups is 1. The van der Waals surface area contributed by atoms with Gasteiger partial charge in [-0.15, -0.1) is 6.58 Å². The highest BCUT2D eigenvalue weighted by Crippen LogP contribution is 2.09. The quantitative estimate of drug-likeness (QED) is 0.646. The van der Waals surface area contributed by atoms with Gasteiger partial charge in [-0.2, -0.15) is 0 Å². The molecule has 1 aromatic carbocycles. The maximum absolute atomic E-state index is 12.0. The zero-order valence-electron chi connectivity index (χ0n) is 11.6. The Balaban J connectivity index is 2.14. The summed E-state index contributed by atoms with van der Waals surface area (Å²) in [5.41, 5.74) is 2.21. The number of rotatable bonds is 6. The van der Waals surface area contributed by atoms with Gasteiger partial charge in [-0.25, -0.2) is 4.98 Å². The van der Waals surface area contributed by atoms with Gasteiger partial charge in [0.15, 0.2) is 0 Å². The number of carbonyl (C=O) groups is 1. The Morgan fingerprint density at radius 2 is 2.10 bits per heavy atom. The number of amides is 1. The third kappa shape index (κ3) is 3.97. The average Bonchev–Trinajstić information content (AvgIpc) is 2.52. The highest BCUT2D eigenvalue weighted by molar-refractivity contribution is 5.91. The SMILES string of the molecule is C=CCN(CCO)C(=O)/C=C/c1cnc2ccccc2n1. The second-order valence-electron chi connectivity index (χ2n) is 4.41. The molecule has 0 atom stereocenters. The predicted octanol–water partition coefficient (Wildman–Crippen LogP) is 1.65. The molecule has 1 amide bonds. The lowest BCUT2D eigenvalue weighted by Crippen LogP contribution is -2.32. The minimum absolute atomic E-state index is 0.0802. The number of hydrogen-bond donors (Lipinski definition) is 1. The first-order valence-electron chi connectivity index (χ1n) is 6.65. The van der Waals surface area contributed by atoms with Gasteiger partial charge in [0.25, 0.3) is 0 Å². The number of benzene rings is 1. The monoisotopic (exact) mass is 283 g/mol. The van der Waals surface area contributed by atoms with E-state index in [9.17, 15) is 4.79 Å². The Morgan fingerprint density at radius 3 is 2.81 bits per heavy atom. The molecule has 108 valence electrons. The molecule has 0 saturated carbocycles. The van der Waals surface area contributed by atoms with E-state index in [1.165, 1.54) is 11.0 Å². The van der Waals surface area contributed by atoms with Crippen LogP contribution in [0.2, 0.25) is 0 Å². The first-order chi connectivity index (χ1) is 10.2. The molecule has 0 fully saturated rings. The standard InChI is InChI=1S/C16H17N3O2/c1-2-9-19(10-11-20)16(21)8-7-13-12-17-14-5-3-4-6-15(14)18-13/h2-8,12,20H,1,9-11H2/b8-7+. The van der Waals surface area contributed by atoms with Gasteiger partial charge in [0.1, 0.15) is 0 Å². The molecular formula is C16H17N3O2. The zero-order chi connectivity index (χ0) is 15.1. The lowest BCUT2D eigenvalue weighted by Gasteiger charge is -2.17. The first-order valence-corrected chi connectivity index (χ1v) is 6.65. The maximum Gasteiger partial charge on any atom is 0.246 e. The van der Waals surface area contributed by atoms with Crippen LogP contribution in [0.15, 0.2) is 49.2 Å². The van der Waals surface area contributed by atoms with Crippen molar-refractivity contribution in [1.82, 2.24) is 14.9 Å². The Hall–Kier alpha value is -2.53. The van der Waals surface area contributed by atoms with Crippen molar-refractivity contribution in [3.63, 3.8) is 0 Å². The van der Waals surface area contributed by atoms with Gasteiger partial charge >= 0.3 is 0 Å². The van der Waals surface area contributed by atoms with Crippen molar-refractivity contribution in [2.24, 2.45) is 0 Å². The predicted molar refractivity (Wildman–Crippen MR) is 82.4 cm³/mol. The second-order valence-corrected chi connectivity index (χ2v) is 4.41. The molecule has 0 spiro atoms. The lowest BCUT2D eigenvalue weighted by atomic mass is 10.3. The van der Waals surface area contributed by atoms with Gasteiger partial charge in [-0.05, 0) is 18.2 Å². The molecule has 0 aliphatic rings. The summed E-state index contributed by atoms with van der Waals surface area (Å²) in [5.74, 6) is -0.195. The fraction of sp³-hybridized carbons (Fsp3) is 0.188. The van der Waals surface area contributed by atoms with E-state index in [4.69, 9.17) is 5.11 Å². The fourth-order valence-corrected chi connectivity index (χ4v) is 1.88. The summed E-state index contributed by atoms with van der Waals surface area (Å²) in [6.45, 7) is 4.19. The van der Waals surface area contributed by atoms with Crippen LogP contribution >= 0.6 is 0 Å². The molecule has 21 heavy (non-hydrogen) atoms. The van der Waals surface area contributed by atoms with Crippen molar-refractivity contribution in [2.75, 3.05) is 19.7 Å². The van der Waals surface area contributed by atoms with E-state index in [1.54, 1.807) is 18.3 Å². The first kappa shape index (κ1) is 14.9. The highest BCUT2D eigenvalue weighted by atomic mass is 16.3. The summed E-state index contributed by atoms with van der Waals surface area (Å²) in [6, 6.07) is 7.55. The molecule has 0 aliphatic carbocycles. The number of carbonyl (C=O) groups excluding carboxylic acids is 1. The van der Waals surface area contributed by atoms with E-state index in [0.717, 1.165) is 11.0 Å². The Kier molecular flexibility index (Phi) is 5.17. The van der Waals surface area contributed by atoms with Crippen LogP contribution in [0.5, 0.6) is 0 Å². The van der Waals surface area contributed by atoms with E-state index >= 15 is 0 Å². The van der Waals surface area contributed by atoms with Crippen molar-refractivity contribution in [3.8, 4) is 0 Å².